The Kier molecular flexibility index (Phi) is 5.32. The molecule has 0 saturated heterocycles. The van der Waals surface area contributed by atoms with Gasteiger partial charge in [0.05, 0.1) is 24.2 Å². The van der Waals surface area contributed by atoms with Crippen molar-refractivity contribution < 1.29 is 14.3 Å². The highest BCUT2D eigenvalue weighted by atomic mass is 16.5. The van der Waals surface area contributed by atoms with Gasteiger partial charge in [0.15, 0.2) is 0 Å². The van der Waals surface area contributed by atoms with Crippen molar-refractivity contribution in [1.29, 1.82) is 0 Å². The van der Waals surface area contributed by atoms with Crippen LogP contribution in [0.3, 0.4) is 0 Å². The van der Waals surface area contributed by atoms with Crippen molar-refractivity contribution in [3.05, 3.63) is 34.7 Å². The molecule has 136 valence electrons. The number of methoxy groups -OCH3 is 1. The molecule has 0 radical (unpaired) electrons. The van der Waals surface area contributed by atoms with Gasteiger partial charge in [0.1, 0.15) is 6.04 Å². The minimum atomic E-state index is -0.909. The summed E-state index contributed by atoms with van der Waals surface area (Å²) in [4.78, 5) is 37.2. The van der Waals surface area contributed by atoms with E-state index < -0.39 is 29.1 Å². The van der Waals surface area contributed by atoms with E-state index in [0.717, 1.165) is 4.57 Å². The molecule has 2 amide bonds. The zero-order chi connectivity index (χ0) is 18.8. The first-order chi connectivity index (χ1) is 11.7. The maximum atomic E-state index is 12.7. The van der Waals surface area contributed by atoms with Crippen molar-refractivity contribution in [2.45, 2.75) is 33.4 Å². The Hall–Kier alpha value is -2.61. The first kappa shape index (κ1) is 18.7. The lowest BCUT2D eigenvalue weighted by Gasteiger charge is -2.28. The van der Waals surface area contributed by atoms with Crippen LogP contribution in [0, 0.1) is 5.41 Å². The van der Waals surface area contributed by atoms with Crippen LogP contribution in [0.4, 0.5) is 4.79 Å². The van der Waals surface area contributed by atoms with Crippen LogP contribution in [0.5, 0.6) is 0 Å². The number of amides is 2. The number of nitrogens with two attached hydrogens (primary N) is 1. The van der Waals surface area contributed by atoms with Crippen LogP contribution in [-0.4, -0.2) is 40.8 Å². The number of primary amides is 1. The third-order valence-electron chi connectivity index (χ3n) is 3.98. The van der Waals surface area contributed by atoms with Gasteiger partial charge >= 0.3 is 11.7 Å². The van der Waals surface area contributed by atoms with Gasteiger partial charge in [-0.25, -0.2) is 14.2 Å². The van der Waals surface area contributed by atoms with E-state index in [1.807, 2.05) is 0 Å². The summed E-state index contributed by atoms with van der Waals surface area (Å²) in [6.07, 6.45) is 0. The van der Waals surface area contributed by atoms with Crippen LogP contribution >= 0.6 is 0 Å². The fraction of sp³-hybridized carbons (Fsp3) is 0.471. The van der Waals surface area contributed by atoms with Crippen molar-refractivity contribution in [2.24, 2.45) is 11.1 Å². The second kappa shape index (κ2) is 7.10. The van der Waals surface area contributed by atoms with Gasteiger partial charge in [0.25, 0.3) is 0 Å². The Balaban J connectivity index is 2.50. The summed E-state index contributed by atoms with van der Waals surface area (Å²) in [6.45, 7) is 6.00. The minimum absolute atomic E-state index is 0.314. The van der Waals surface area contributed by atoms with E-state index in [1.54, 1.807) is 45.0 Å². The molecule has 8 nitrogen and oxygen atoms in total. The Labute approximate surface area is 145 Å². The fourth-order valence-corrected chi connectivity index (χ4v) is 2.71. The molecule has 2 aromatic rings. The lowest BCUT2D eigenvalue weighted by atomic mass is 9.86. The van der Waals surface area contributed by atoms with Gasteiger partial charge < -0.3 is 15.8 Å². The molecule has 0 aliphatic carbocycles. The van der Waals surface area contributed by atoms with E-state index >= 15 is 0 Å². The Morgan fingerprint density at radius 3 is 2.36 bits per heavy atom. The number of hydrogen-bond donors (Lipinski definition) is 2. The number of nitrogens with one attached hydrogen (secondary N) is 1. The molecule has 1 aromatic carbocycles. The fourth-order valence-electron chi connectivity index (χ4n) is 2.71. The van der Waals surface area contributed by atoms with Crippen LogP contribution in [0.2, 0.25) is 0 Å². The maximum absolute atomic E-state index is 12.7. The summed E-state index contributed by atoms with van der Waals surface area (Å²) in [5, 5.41) is 2.58. The molecule has 3 N–H and O–H groups in total. The van der Waals surface area contributed by atoms with Gasteiger partial charge in [-0.05, 0) is 17.5 Å². The first-order valence-electron chi connectivity index (χ1n) is 7.98. The van der Waals surface area contributed by atoms with Crippen molar-refractivity contribution in [3.63, 3.8) is 0 Å². The molecular formula is C17H24N4O4. The summed E-state index contributed by atoms with van der Waals surface area (Å²) in [6, 6.07) is 5.36. The number of carbonyl (C=O) groups excluding carboxylic acids is 2. The Morgan fingerprint density at radius 2 is 1.84 bits per heavy atom. The third kappa shape index (κ3) is 3.74. The normalized spacial score (nSPS) is 13.0. The molecule has 8 heteroatoms. The Morgan fingerprint density at radius 1 is 1.24 bits per heavy atom. The van der Waals surface area contributed by atoms with Crippen LogP contribution in [-0.2, 0) is 16.1 Å². The molecular weight excluding hydrogens is 324 g/mol. The van der Waals surface area contributed by atoms with Crippen LogP contribution in [0.15, 0.2) is 29.1 Å². The Bertz CT molecular complexity index is 844. The van der Waals surface area contributed by atoms with Crippen molar-refractivity contribution in [3.8, 4) is 0 Å². The minimum Gasteiger partial charge on any atom is -0.383 e. The second-order valence-corrected chi connectivity index (χ2v) is 6.90. The number of imidazole rings is 1. The molecule has 0 fully saturated rings. The number of aromatic nitrogens is 2. The van der Waals surface area contributed by atoms with Gasteiger partial charge in [-0.3, -0.25) is 9.36 Å². The number of carbonyl (C=O) groups is 2. The lowest BCUT2D eigenvalue weighted by molar-refractivity contribution is -0.122. The average Bonchev–Trinajstić information content (AvgIpc) is 2.80. The van der Waals surface area contributed by atoms with E-state index in [0.29, 0.717) is 24.2 Å². The highest BCUT2D eigenvalue weighted by Gasteiger charge is 2.32. The quantitative estimate of drug-likeness (QED) is 0.837. The zero-order valence-electron chi connectivity index (χ0n) is 14.9. The SMILES string of the molecule is COCCn1c(=O)n(C(=O)N[C@H](C(N)=O)C(C)(C)C)c2ccccc21. The van der Waals surface area contributed by atoms with Crippen molar-refractivity contribution in [2.75, 3.05) is 13.7 Å². The van der Waals surface area contributed by atoms with E-state index in [9.17, 15) is 14.4 Å². The number of hydrogen-bond acceptors (Lipinski definition) is 4. The molecule has 1 heterocycles. The topological polar surface area (TPSA) is 108 Å². The molecule has 25 heavy (non-hydrogen) atoms. The highest BCUT2D eigenvalue weighted by molar-refractivity contribution is 5.92. The van der Waals surface area contributed by atoms with E-state index in [1.165, 1.54) is 11.7 Å². The molecule has 0 unspecified atom stereocenters. The molecule has 1 aromatic heterocycles. The van der Waals surface area contributed by atoms with Gasteiger partial charge in [-0.1, -0.05) is 32.9 Å². The molecule has 0 bridgehead atoms. The highest BCUT2D eigenvalue weighted by Crippen LogP contribution is 2.19. The standard InChI is InChI=1S/C17H24N4O4/c1-17(2,3)13(14(18)22)19-15(23)21-12-8-6-5-7-11(12)20(16(21)24)9-10-25-4/h5-8,13H,9-10H2,1-4H3,(H2,18,22)(H,19,23)/t13-/m1/s1. The van der Waals surface area contributed by atoms with Crippen molar-refractivity contribution in [1.82, 2.24) is 14.5 Å². The van der Waals surface area contributed by atoms with Gasteiger partial charge in [0.2, 0.25) is 5.91 Å². The van der Waals surface area contributed by atoms with Crippen LogP contribution in [0.25, 0.3) is 11.0 Å². The number of para-hydroxylation sites is 2. The van der Waals surface area contributed by atoms with Gasteiger partial charge in [0, 0.05) is 7.11 Å². The summed E-state index contributed by atoms with van der Waals surface area (Å²) in [5.74, 6) is -0.656. The molecule has 0 spiro atoms. The van der Waals surface area contributed by atoms with Crippen LogP contribution < -0.4 is 16.7 Å². The smallest absolute Gasteiger partial charge is 0.337 e. The monoisotopic (exact) mass is 348 g/mol. The molecule has 0 aliphatic rings. The van der Waals surface area contributed by atoms with Crippen LogP contribution in [0.1, 0.15) is 20.8 Å². The van der Waals surface area contributed by atoms with Crippen molar-refractivity contribution >= 4 is 23.0 Å². The predicted molar refractivity (Wildman–Crippen MR) is 94.4 cm³/mol. The average molecular weight is 348 g/mol. The van der Waals surface area contributed by atoms with E-state index in [-0.39, 0.29) is 0 Å². The summed E-state index contributed by atoms with van der Waals surface area (Å²) in [5.41, 5.74) is 5.40. The number of benzene rings is 1. The first-order valence-corrected chi connectivity index (χ1v) is 7.98. The lowest BCUT2D eigenvalue weighted by Crippen LogP contribution is -2.54. The number of nitrogens with zero attached hydrogens (tertiary/aromatic N) is 2. The molecule has 2 rings (SSSR count). The molecule has 0 aliphatic heterocycles. The van der Waals surface area contributed by atoms with Gasteiger partial charge in [-0.15, -0.1) is 0 Å². The predicted octanol–water partition coefficient (Wildman–Crippen LogP) is 0.907. The number of ether oxygens (including phenoxy) is 1. The zero-order valence-corrected chi connectivity index (χ0v) is 14.9. The second-order valence-electron chi connectivity index (χ2n) is 6.90. The van der Waals surface area contributed by atoms with Gasteiger partial charge in [-0.2, -0.15) is 0 Å². The summed E-state index contributed by atoms with van der Waals surface area (Å²) >= 11 is 0. The maximum Gasteiger partial charge on any atom is 0.337 e. The molecule has 1 atom stereocenters. The third-order valence-corrected chi connectivity index (χ3v) is 3.98. The van der Waals surface area contributed by atoms with E-state index in [2.05, 4.69) is 5.32 Å². The molecule has 0 saturated carbocycles. The number of rotatable bonds is 5. The van der Waals surface area contributed by atoms with E-state index in [4.69, 9.17) is 10.5 Å². The number of fused-ring (bicyclic) bond motifs is 1. The summed E-state index contributed by atoms with van der Waals surface area (Å²) < 4.78 is 7.52. The largest absolute Gasteiger partial charge is 0.383 e. The summed E-state index contributed by atoms with van der Waals surface area (Å²) in [7, 11) is 1.54.